The second kappa shape index (κ2) is 9.19. The van der Waals surface area contributed by atoms with Crippen molar-refractivity contribution in [2.24, 2.45) is 0 Å². The van der Waals surface area contributed by atoms with Gasteiger partial charge in [-0.2, -0.15) is 0 Å². The molecule has 0 fully saturated rings. The lowest BCUT2D eigenvalue weighted by molar-refractivity contribution is -0.127. The molecule has 1 amide bonds. The molecule has 1 rings (SSSR count). The van der Waals surface area contributed by atoms with Crippen LogP contribution in [0.2, 0.25) is 0 Å². The highest BCUT2D eigenvalue weighted by molar-refractivity contribution is 5.80. The molecule has 4 heteroatoms. The van der Waals surface area contributed by atoms with E-state index >= 15 is 0 Å². The van der Waals surface area contributed by atoms with E-state index in [1.54, 1.807) is 13.0 Å². The summed E-state index contributed by atoms with van der Waals surface area (Å²) in [6.07, 6.45) is 2.08. The lowest BCUT2D eigenvalue weighted by Crippen LogP contribution is -2.36. The Morgan fingerprint density at radius 2 is 2.10 bits per heavy atom. The molecular formula is C17H26N2O2. The summed E-state index contributed by atoms with van der Waals surface area (Å²) in [6.45, 7) is 10.9. The van der Waals surface area contributed by atoms with Crippen molar-refractivity contribution in [2.75, 3.05) is 13.1 Å². The Hall–Kier alpha value is -1.81. The Morgan fingerprint density at radius 3 is 2.71 bits per heavy atom. The molecule has 4 nitrogen and oxygen atoms in total. The zero-order valence-corrected chi connectivity index (χ0v) is 13.2. The molecule has 2 unspecified atom stereocenters. The summed E-state index contributed by atoms with van der Waals surface area (Å²) in [7, 11) is 0. The number of para-hydroxylation sites is 1. The van der Waals surface area contributed by atoms with Crippen molar-refractivity contribution in [2.45, 2.75) is 39.3 Å². The van der Waals surface area contributed by atoms with Crippen LogP contribution in [0.1, 0.15) is 38.8 Å². The van der Waals surface area contributed by atoms with Gasteiger partial charge in [-0.1, -0.05) is 38.1 Å². The van der Waals surface area contributed by atoms with Crippen LogP contribution in [0.4, 0.5) is 0 Å². The van der Waals surface area contributed by atoms with Gasteiger partial charge in [0, 0.05) is 18.2 Å². The van der Waals surface area contributed by atoms with Crippen molar-refractivity contribution < 1.29 is 9.53 Å². The molecule has 0 aliphatic rings. The molecule has 0 saturated carbocycles. The molecule has 0 saturated heterocycles. The Labute approximate surface area is 127 Å². The third-order valence-electron chi connectivity index (χ3n) is 3.25. The summed E-state index contributed by atoms with van der Waals surface area (Å²) in [5.41, 5.74) is 1.09. The number of ether oxygens (including phenoxy) is 1. The van der Waals surface area contributed by atoms with E-state index in [0.717, 1.165) is 24.3 Å². The number of rotatable bonds is 9. The third kappa shape index (κ3) is 5.23. The van der Waals surface area contributed by atoms with Crippen molar-refractivity contribution >= 4 is 5.91 Å². The molecule has 116 valence electrons. The number of carbonyl (C=O) groups excluding carboxylic acids is 1. The van der Waals surface area contributed by atoms with Gasteiger partial charge in [-0.3, -0.25) is 4.79 Å². The van der Waals surface area contributed by atoms with Crippen molar-refractivity contribution in [3.8, 4) is 5.75 Å². The smallest absolute Gasteiger partial charge is 0.261 e. The molecule has 1 aromatic carbocycles. The lowest BCUT2D eigenvalue weighted by atomic mass is 10.0. The summed E-state index contributed by atoms with van der Waals surface area (Å²) in [6, 6.07) is 8.10. The van der Waals surface area contributed by atoms with Crippen LogP contribution in [-0.2, 0) is 4.79 Å². The topological polar surface area (TPSA) is 50.4 Å². The van der Waals surface area contributed by atoms with Crippen LogP contribution in [0.15, 0.2) is 36.9 Å². The van der Waals surface area contributed by atoms with Crippen LogP contribution >= 0.6 is 0 Å². The van der Waals surface area contributed by atoms with Crippen LogP contribution in [0, 0.1) is 0 Å². The number of carbonyl (C=O) groups is 1. The minimum Gasteiger partial charge on any atom is -0.481 e. The van der Waals surface area contributed by atoms with Crippen LogP contribution in [0.5, 0.6) is 5.75 Å². The van der Waals surface area contributed by atoms with Gasteiger partial charge in [-0.15, -0.1) is 6.58 Å². The first-order valence-electron chi connectivity index (χ1n) is 7.51. The van der Waals surface area contributed by atoms with Gasteiger partial charge in [-0.05, 0) is 26.0 Å². The summed E-state index contributed by atoms with van der Waals surface area (Å²) in [5, 5.41) is 6.17. The van der Waals surface area contributed by atoms with Crippen molar-refractivity contribution in [3.05, 3.63) is 42.5 Å². The van der Waals surface area contributed by atoms with E-state index < -0.39 is 6.10 Å². The zero-order valence-electron chi connectivity index (χ0n) is 13.2. The van der Waals surface area contributed by atoms with Gasteiger partial charge in [0.05, 0.1) is 0 Å². The molecular weight excluding hydrogens is 264 g/mol. The van der Waals surface area contributed by atoms with Crippen LogP contribution < -0.4 is 15.4 Å². The molecule has 0 aliphatic carbocycles. The number of hydrogen-bond donors (Lipinski definition) is 2. The molecule has 0 spiro atoms. The Bertz CT molecular complexity index is 460. The first kappa shape index (κ1) is 17.2. The minimum atomic E-state index is -0.537. The fourth-order valence-electron chi connectivity index (χ4n) is 2.16. The van der Waals surface area contributed by atoms with Crippen LogP contribution in [0.3, 0.4) is 0 Å². The van der Waals surface area contributed by atoms with E-state index in [9.17, 15) is 4.79 Å². The lowest BCUT2D eigenvalue weighted by Gasteiger charge is -2.22. The highest BCUT2D eigenvalue weighted by Gasteiger charge is 2.18. The molecule has 2 N–H and O–H groups in total. The maximum Gasteiger partial charge on any atom is 0.261 e. The summed E-state index contributed by atoms with van der Waals surface area (Å²) >= 11 is 0. The summed E-state index contributed by atoms with van der Waals surface area (Å²) in [4.78, 5) is 11.9. The van der Waals surface area contributed by atoms with E-state index in [4.69, 9.17) is 4.74 Å². The Kier molecular flexibility index (Phi) is 7.54. The molecule has 0 radical (unpaired) electrons. The SMILES string of the molecule is C=CCNC(=O)C(C)Oc1ccccc1C(CC)NCC. The summed E-state index contributed by atoms with van der Waals surface area (Å²) < 4.78 is 5.85. The third-order valence-corrected chi connectivity index (χ3v) is 3.25. The Morgan fingerprint density at radius 1 is 1.38 bits per heavy atom. The highest BCUT2D eigenvalue weighted by atomic mass is 16.5. The fourth-order valence-corrected chi connectivity index (χ4v) is 2.16. The van der Waals surface area contributed by atoms with Crippen LogP contribution in [-0.4, -0.2) is 25.1 Å². The minimum absolute atomic E-state index is 0.138. The van der Waals surface area contributed by atoms with Gasteiger partial charge in [-0.25, -0.2) is 0 Å². The van der Waals surface area contributed by atoms with Gasteiger partial charge in [0.1, 0.15) is 5.75 Å². The van der Waals surface area contributed by atoms with Crippen molar-refractivity contribution in [3.63, 3.8) is 0 Å². The van der Waals surface area contributed by atoms with Gasteiger partial charge >= 0.3 is 0 Å². The van der Waals surface area contributed by atoms with Gasteiger partial charge in [0.25, 0.3) is 5.91 Å². The van der Waals surface area contributed by atoms with Crippen LogP contribution in [0.25, 0.3) is 0 Å². The van der Waals surface area contributed by atoms with Crippen molar-refractivity contribution in [1.29, 1.82) is 0 Å². The molecule has 1 aromatic rings. The number of benzene rings is 1. The predicted molar refractivity (Wildman–Crippen MR) is 86.4 cm³/mol. The van der Waals surface area contributed by atoms with E-state index in [1.807, 2.05) is 24.3 Å². The maximum absolute atomic E-state index is 11.9. The fraction of sp³-hybridized carbons (Fsp3) is 0.471. The normalized spacial score (nSPS) is 13.3. The largest absolute Gasteiger partial charge is 0.481 e. The summed E-state index contributed by atoms with van der Waals surface area (Å²) in [5.74, 6) is 0.618. The van der Waals surface area contributed by atoms with Gasteiger partial charge < -0.3 is 15.4 Å². The van der Waals surface area contributed by atoms with E-state index in [2.05, 4.69) is 31.1 Å². The molecule has 21 heavy (non-hydrogen) atoms. The van der Waals surface area contributed by atoms with E-state index in [0.29, 0.717) is 6.54 Å². The number of amides is 1. The Balaban J connectivity index is 2.83. The molecule has 0 heterocycles. The second-order valence-electron chi connectivity index (χ2n) is 4.85. The molecule has 0 aromatic heterocycles. The molecule has 0 aliphatic heterocycles. The zero-order chi connectivity index (χ0) is 15.7. The first-order chi connectivity index (χ1) is 10.1. The highest BCUT2D eigenvalue weighted by Crippen LogP contribution is 2.27. The quantitative estimate of drug-likeness (QED) is 0.688. The average Bonchev–Trinajstić information content (AvgIpc) is 2.51. The van der Waals surface area contributed by atoms with Gasteiger partial charge in [0.15, 0.2) is 6.10 Å². The van der Waals surface area contributed by atoms with E-state index in [-0.39, 0.29) is 11.9 Å². The van der Waals surface area contributed by atoms with Gasteiger partial charge in [0.2, 0.25) is 0 Å². The first-order valence-corrected chi connectivity index (χ1v) is 7.51. The molecule has 0 bridgehead atoms. The average molecular weight is 290 g/mol. The van der Waals surface area contributed by atoms with E-state index in [1.165, 1.54) is 0 Å². The van der Waals surface area contributed by atoms with Crippen molar-refractivity contribution in [1.82, 2.24) is 10.6 Å². The second-order valence-corrected chi connectivity index (χ2v) is 4.85. The predicted octanol–water partition coefficient (Wildman–Crippen LogP) is 2.82. The number of hydrogen-bond acceptors (Lipinski definition) is 3. The molecule has 2 atom stereocenters. The number of nitrogens with one attached hydrogen (secondary N) is 2. The monoisotopic (exact) mass is 290 g/mol. The maximum atomic E-state index is 11.9. The standard InChI is InChI=1S/C17H26N2O2/c1-5-12-19-17(20)13(4)21-16-11-9-8-10-14(16)15(6-2)18-7-3/h5,8-11,13,15,18H,1,6-7,12H2,2-4H3,(H,19,20).